The zero-order chi connectivity index (χ0) is 16.2. The molecule has 1 fully saturated rings. The van der Waals surface area contributed by atoms with Crippen molar-refractivity contribution in [1.29, 1.82) is 0 Å². The average Bonchev–Trinajstić information content (AvgIpc) is 3.25. The topological polar surface area (TPSA) is 60.3 Å². The fraction of sp³-hybridized carbons (Fsp3) is 0.333. The summed E-state index contributed by atoms with van der Waals surface area (Å²) in [5, 5.41) is 2.86. The Morgan fingerprint density at radius 2 is 1.83 bits per heavy atom. The molecule has 0 saturated heterocycles. The van der Waals surface area contributed by atoms with E-state index < -0.39 is 0 Å². The van der Waals surface area contributed by atoms with Crippen LogP contribution in [-0.4, -0.2) is 23.1 Å². The minimum atomic E-state index is -0.382. The normalized spacial score (nSPS) is 13.6. The Morgan fingerprint density at radius 1 is 1.13 bits per heavy atom. The number of hydrogen-bond acceptors (Lipinski definition) is 3. The summed E-state index contributed by atoms with van der Waals surface area (Å²) in [5.41, 5.74) is 1.66. The molecule has 0 radical (unpaired) electrons. The first-order valence-corrected chi connectivity index (χ1v) is 7.92. The molecule has 1 heterocycles. The highest BCUT2D eigenvalue weighted by molar-refractivity contribution is 6.04. The summed E-state index contributed by atoms with van der Waals surface area (Å²) in [5.74, 6) is -0.0573. The van der Waals surface area contributed by atoms with Gasteiger partial charge in [-0.3, -0.25) is 4.79 Å². The third-order valence-electron chi connectivity index (χ3n) is 3.87. The van der Waals surface area contributed by atoms with Crippen LogP contribution < -0.4 is 5.32 Å². The van der Waals surface area contributed by atoms with Gasteiger partial charge in [-0.2, -0.15) is 0 Å². The first kappa shape index (κ1) is 15.3. The van der Waals surface area contributed by atoms with E-state index in [1.165, 1.54) is 0 Å². The van der Waals surface area contributed by atoms with Crippen molar-refractivity contribution >= 4 is 17.6 Å². The third kappa shape index (κ3) is 3.62. The second kappa shape index (κ2) is 6.69. The van der Waals surface area contributed by atoms with Crippen molar-refractivity contribution in [1.82, 2.24) is 4.57 Å². The molecule has 1 aromatic carbocycles. The van der Waals surface area contributed by atoms with Gasteiger partial charge in [-0.1, -0.05) is 18.2 Å². The number of nitrogens with one attached hydrogen (secondary N) is 1. The van der Waals surface area contributed by atoms with Gasteiger partial charge in [0.05, 0.1) is 6.61 Å². The zero-order valence-corrected chi connectivity index (χ0v) is 13.1. The van der Waals surface area contributed by atoms with E-state index in [9.17, 15) is 9.59 Å². The van der Waals surface area contributed by atoms with E-state index in [-0.39, 0.29) is 11.9 Å². The molecule has 120 valence electrons. The van der Waals surface area contributed by atoms with E-state index in [4.69, 9.17) is 4.74 Å². The second-order valence-corrected chi connectivity index (χ2v) is 5.70. The maximum atomic E-state index is 12.5. The Kier molecular flexibility index (Phi) is 4.46. The molecule has 5 heteroatoms. The highest BCUT2D eigenvalue weighted by Crippen LogP contribution is 2.32. The largest absolute Gasteiger partial charge is 0.461 e. The molecule has 0 aliphatic heterocycles. The van der Waals surface area contributed by atoms with E-state index in [0.717, 1.165) is 18.5 Å². The molecule has 0 unspecified atom stereocenters. The first-order chi connectivity index (χ1) is 11.2. The molecule has 1 aliphatic carbocycles. The minimum absolute atomic E-state index is 0.215. The van der Waals surface area contributed by atoms with Crippen LogP contribution in [0, 0.1) is 5.92 Å². The number of hydrogen-bond donors (Lipinski definition) is 1. The number of esters is 1. The van der Waals surface area contributed by atoms with Gasteiger partial charge in [0.25, 0.3) is 5.91 Å². The molecule has 23 heavy (non-hydrogen) atoms. The van der Waals surface area contributed by atoms with Crippen molar-refractivity contribution in [2.24, 2.45) is 5.92 Å². The summed E-state index contributed by atoms with van der Waals surface area (Å²) in [6.07, 6.45) is 2.28. The number of carbonyl (C=O) groups is 2. The molecule has 0 spiro atoms. The lowest BCUT2D eigenvalue weighted by Crippen LogP contribution is -2.21. The van der Waals surface area contributed by atoms with E-state index in [2.05, 4.69) is 5.32 Å². The molecule has 1 aliphatic rings. The number of amides is 1. The Balaban J connectivity index is 1.85. The number of benzene rings is 1. The summed E-state index contributed by atoms with van der Waals surface area (Å²) >= 11 is 0. The van der Waals surface area contributed by atoms with Crippen molar-refractivity contribution < 1.29 is 14.3 Å². The van der Waals surface area contributed by atoms with Crippen LogP contribution in [0.4, 0.5) is 5.69 Å². The Bertz CT molecular complexity index is 702. The molecule has 0 atom stereocenters. The second-order valence-electron chi connectivity index (χ2n) is 5.70. The van der Waals surface area contributed by atoms with Gasteiger partial charge in [0.2, 0.25) is 0 Å². The molecule has 0 bridgehead atoms. The highest BCUT2D eigenvalue weighted by Gasteiger charge is 2.27. The molecule has 1 amide bonds. The third-order valence-corrected chi connectivity index (χ3v) is 3.87. The number of nitrogens with zero attached hydrogens (tertiary/aromatic N) is 1. The maximum Gasteiger partial charge on any atom is 0.354 e. The van der Waals surface area contributed by atoms with E-state index in [0.29, 0.717) is 30.5 Å². The van der Waals surface area contributed by atoms with E-state index in [1.54, 1.807) is 23.6 Å². The summed E-state index contributed by atoms with van der Waals surface area (Å²) in [7, 11) is 0. The van der Waals surface area contributed by atoms with Crippen molar-refractivity contribution in [2.75, 3.05) is 11.9 Å². The maximum absolute atomic E-state index is 12.5. The van der Waals surface area contributed by atoms with E-state index >= 15 is 0 Å². The number of aromatic nitrogens is 1. The first-order valence-electron chi connectivity index (χ1n) is 7.92. The predicted octanol–water partition coefficient (Wildman–Crippen LogP) is 3.33. The standard InChI is InChI=1S/C18H20N2O3/c1-2-23-18(22)16-11-10-15(20(16)12-13-8-9-13)17(21)19-14-6-4-3-5-7-14/h3-7,10-11,13H,2,8-9,12H2,1H3,(H,19,21). The molecule has 1 saturated carbocycles. The molecular formula is C18H20N2O3. The van der Waals surface area contributed by atoms with Gasteiger partial charge in [0.15, 0.2) is 0 Å². The van der Waals surface area contributed by atoms with Crippen molar-refractivity contribution in [3.05, 3.63) is 53.9 Å². The van der Waals surface area contributed by atoms with Crippen LogP contribution in [-0.2, 0) is 11.3 Å². The van der Waals surface area contributed by atoms with Crippen molar-refractivity contribution in [3.63, 3.8) is 0 Å². The highest BCUT2D eigenvalue weighted by atomic mass is 16.5. The van der Waals surface area contributed by atoms with Gasteiger partial charge in [0.1, 0.15) is 11.4 Å². The fourth-order valence-electron chi connectivity index (χ4n) is 2.52. The molecule has 1 N–H and O–H groups in total. The predicted molar refractivity (Wildman–Crippen MR) is 87.5 cm³/mol. The molecule has 3 rings (SSSR count). The van der Waals surface area contributed by atoms with Gasteiger partial charge in [-0.25, -0.2) is 4.79 Å². The van der Waals surface area contributed by atoms with Gasteiger partial charge >= 0.3 is 5.97 Å². The molecule has 1 aromatic heterocycles. The lowest BCUT2D eigenvalue weighted by Gasteiger charge is -2.12. The lowest BCUT2D eigenvalue weighted by atomic mass is 10.3. The summed E-state index contributed by atoms with van der Waals surface area (Å²) in [6.45, 7) is 2.77. The van der Waals surface area contributed by atoms with Gasteiger partial charge in [-0.05, 0) is 49.9 Å². The molecule has 5 nitrogen and oxygen atoms in total. The Morgan fingerprint density at radius 3 is 2.48 bits per heavy atom. The number of ether oxygens (including phenoxy) is 1. The number of carbonyl (C=O) groups excluding carboxylic acids is 2. The zero-order valence-electron chi connectivity index (χ0n) is 13.1. The van der Waals surface area contributed by atoms with E-state index in [1.807, 2.05) is 30.3 Å². The van der Waals surface area contributed by atoms with Crippen LogP contribution in [0.25, 0.3) is 0 Å². The monoisotopic (exact) mass is 312 g/mol. The quantitative estimate of drug-likeness (QED) is 0.832. The smallest absolute Gasteiger partial charge is 0.354 e. The number of rotatable bonds is 6. The molecular weight excluding hydrogens is 292 g/mol. The lowest BCUT2D eigenvalue weighted by molar-refractivity contribution is 0.0513. The minimum Gasteiger partial charge on any atom is -0.461 e. The van der Waals surface area contributed by atoms with Crippen LogP contribution in [0.15, 0.2) is 42.5 Å². The van der Waals surface area contributed by atoms with Gasteiger partial charge in [0, 0.05) is 12.2 Å². The SMILES string of the molecule is CCOC(=O)c1ccc(C(=O)Nc2ccccc2)n1CC1CC1. The van der Waals surface area contributed by atoms with Crippen molar-refractivity contribution in [3.8, 4) is 0 Å². The fourth-order valence-corrected chi connectivity index (χ4v) is 2.52. The summed E-state index contributed by atoms with van der Waals surface area (Å²) < 4.78 is 6.88. The van der Waals surface area contributed by atoms with Crippen molar-refractivity contribution in [2.45, 2.75) is 26.3 Å². The van der Waals surface area contributed by atoms with Crippen LogP contribution >= 0.6 is 0 Å². The van der Waals surface area contributed by atoms with Crippen LogP contribution in [0.2, 0.25) is 0 Å². The molecule has 2 aromatic rings. The average molecular weight is 312 g/mol. The Hall–Kier alpha value is -2.56. The van der Waals surface area contributed by atoms with Crippen LogP contribution in [0.1, 0.15) is 40.7 Å². The van der Waals surface area contributed by atoms with Crippen LogP contribution in [0.5, 0.6) is 0 Å². The number of para-hydroxylation sites is 1. The van der Waals surface area contributed by atoms with Gasteiger partial charge in [-0.15, -0.1) is 0 Å². The van der Waals surface area contributed by atoms with Gasteiger partial charge < -0.3 is 14.6 Å². The number of anilines is 1. The Labute approximate surface area is 135 Å². The van der Waals surface area contributed by atoms with Crippen LogP contribution in [0.3, 0.4) is 0 Å². The summed E-state index contributed by atoms with van der Waals surface area (Å²) in [4.78, 5) is 24.6. The summed E-state index contributed by atoms with van der Waals surface area (Å²) in [6, 6.07) is 12.6.